The van der Waals surface area contributed by atoms with E-state index in [9.17, 15) is 5.11 Å². The maximum atomic E-state index is 10.7. The fourth-order valence-electron chi connectivity index (χ4n) is 3.46. The number of quaternary nitrogens is 1. The van der Waals surface area contributed by atoms with E-state index >= 15 is 0 Å². The largest absolute Gasteiger partial charge is 0.386 e. The molecule has 2 N–H and O–H groups in total. The van der Waals surface area contributed by atoms with Crippen LogP contribution in [0.25, 0.3) is 27.7 Å². The first-order chi connectivity index (χ1) is 13.1. The number of rotatable bonds is 5. The summed E-state index contributed by atoms with van der Waals surface area (Å²) in [6.45, 7) is 5.43. The zero-order valence-corrected chi connectivity index (χ0v) is 17.2. The molecular weight excluding hydrogens is 350 g/mol. The number of aliphatic hydroxyl groups is 1. The van der Waals surface area contributed by atoms with Crippen LogP contribution in [0.15, 0.2) is 42.5 Å². The second-order valence-electron chi connectivity index (χ2n) is 8.93. The van der Waals surface area contributed by atoms with Gasteiger partial charge in [-0.15, -0.1) is 0 Å². The van der Waals surface area contributed by atoms with Crippen molar-refractivity contribution in [2.24, 2.45) is 0 Å². The molecule has 6 nitrogen and oxygen atoms in total. The van der Waals surface area contributed by atoms with Crippen LogP contribution in [0.4, 0.5) is 5.82 Å². The second kappa shape index (κ2) is 6.43. The van der Waals surface area contributed by atoms with E-state index in [1.807, 2.05) is 36.4 Å². The molecule has 0 bridgehead atoms. The van der Waals surface area contributed by atoms with Gasteiger partial charge in [-0.3, -0.25) is 4.40 Å². The molecule has 0 atom stereocenters. The molecule has 0 aliphatic heterocycles. The molecule has 6 heteroatoms. The van der Waals surface area contributed by atoms with Crippen LogP contribution >= 0.6 is 0 Å². The number of hydrogen-bond donors (Lipinski definition) is 2. The Morgan fingerprint density at radius 2 is 1.79 bits per heavy atom. The summed E-state index contributed by atoms with van der Waals surface area (Å²) in [6, 6.07) is 14.1. The average molecular weight is 379 g/mol. The van der Waals surface area contributed by atoms with Gasteiger partial charge in [0.1, 0.15) is 17.1 Å². The Labute approximate surface area is 165 Å². The zero-order valence-electron chi connectivity index (χ0n) is 17.2. The smallest absolute Gasteiger partial charge is 0.148 e. The summed E-state index contributed by atoms with van der Waals surface area (Å²) in [7, 11) is 6.53. The number of nitrogens with zero attached hydrogens (tertiary/aromatic N) is 4. The Kier molecular flexibility index (Phi) is 4.28. The van der Waals surface area contributed by atoms with Crippen LogP contribution in [0.3, 0.4) is 0 Å². The van der Waals surface area contributed by atoms with Crippen LogP contribution in [0, 0.1) is 0 Å². The van der Waals surface area contributed by atoms with Gasteiger partial charge in [-0.25, -0.2) is 9.97 Å². The molecule has 28 heavy (non-hydrogen) atoms. The summed E-state index contributed by atoms with van der Waals surface area (Å²) in [5, 5.41) is 15.1. The third kappa shape index (κ3) is 3.41. The van der Waals surface area contributed by atoms with Gasteiger partial charge >= 0.3 is 0 Å². The highest BCUT2D eigenvalue weighted by molar-refractivity contribution is 5.91. The average Bonchev–Trinajstić information content (AvgIpc) is 2.98. The third-order valence-corrected chi connectivity index (χ3v) is 4.97. The SMILES string of the molecule is CC(C)(O)c1cc2ccc(NCC[N+](C)(C)C)nc2n2c1nc1ccccc12. The normalized spacial score (nSPS) is 12.9. The number of benzene rings is 1. The van der Waals surface area contributed by atoms with Crippen LogP contribution in [0.2, 0.25) is 0 Å². The maximum absolute atomic E-state index is 10.7. The van der Waals surface area contributed by atoms with Gasteiger partial charge in [0.25, 0.3) is 0 Å². The first-order valence-electron chi connectivity index (χ1n) is 9.62. The van der Waals surface area contributed by atoms with E-state index in [1.165, 1.54) is 0 Å². The minimum absolute atomic E-state index is 0.747. The zero-order chi connectivity index (χ0) is 20.1. The molecule has 0 amide bonds. The molecule has 0 saturated carbocycles. The highest BCUT2D eigenvalue weighted by Gasteiger charge is 2.24. The van der Waals surface area contributed by atoms with Crippen molar-refractivity contribution in [3.05, 3.63) is 48.0 Å². The lowest BCUT2D eigenvalue weighted by atomic mass is 9.98. The molecule has 0 aliphatic carbocycles. The Bertz CT molecular complexity index is 1160. The summed E-state index contributed by atoms with van der Waals surface area (Å²) in [6.07, 6.45) is 0. The van der Waals surface area contributed by atoms with Crippen LogP contribution in [-0.2, 0) is 5.60 Å². The fraction of sp³-hybridized carbons (Fsp3) is 0.364. The van der Waals surface area contributed by atoms with Gasteiger partial charge in [0.2, 0.25) is 0 Å². The maximum Gasteiger partial charge on any atom is 0.148 e. The van der Waals surface area contributed by atoms with E-state index in [2.05, 4.69) is 36.9 Å². The Balaban J connectivity index is 1.92. The number of para-hydroxylation sites is 2. The number of likely N-dealkylation sites (N-methyl/N-ethyl adjacent to an activating group) is 1. The van der Waals surface area contributed by atoms with Gasteiger partial charge in [-0.1, -0.05) is 12.1 Å². The molecule has 0 radical (unpaired) electrons. The Morgan fingerprint density at radius 1 is 1.04 bits per heavy atom. The number of aromatic nitrogens is 3. The number of imidazole rings is 1. The highest BCUT2D eigenvalue weighted by atomic mass is 16.3. The fourth-order valence-corrected chi connectivity index (χ4v) is 3.46. The molecule has 4 rings (SSSR count). The number of anilines is 1. The quantitative estimate of drug-likeness (QED) is 0.523. The number of hydrogen-bond acceptors (Lipinski definition) is 4. The van der Waals surface area contributed by atoms with Crippen molar-refractivity contribution in [2.75, 3.05) is 39.5 Å². The van der Waals surface area contributed by atoms with E-state index in [4.69, 9.17) is 9.97 Å². The molecule has 0 fully saturated rings. The number of nitrogens with one attached hydrogen (secondary N) is 1. The molecule has 0 aliphatic rings. The third-order valence-electron chi connectivity index (χ3n) is 4.97. The van der Waals surface area contributed by atoms with Gasteiger partial charge in [0.05, 0.1) is 50.9 Å². The van der Waals surface area contributed by atoms with Crippen LogP contribution in [0.5, 0.6) is 0 Å². The molecule has 0 spiro atoms. The van der Waals surface area contributed by atoms with E-state index in [0.29, 0.717) is 0 Å². The number of fused-ring (bicyclic) bond motifs is 5. The van der Waals surface area contributed by atoms with E-state index < -0.39 is 5.60 Å². The van der Waals surface area contributed by atoms with Crippen molar-refractivity contribution < 1.29 is 9.59 Å². The predicted octanol–water partition coefficient (Wildman–Crippen LogP) is 3.38. The van der Waals surface area contributed by atoms with Gasteiger partial charge in [0, 0.05) is 10.9 Å². The molecule has 0 saturated heterocycles. The molecule has 3 aromatic heterocycles. The van der Waals surface area contributed by atoms with E-state index in [0.717, 1.165) is 56.7 Å². The van der Waals surface area contributed by atoms with Crippen LogP contribution in [0.1, 0.15) is 19.4 Å². The molecule has 3 heterocycles. The summed E-state index contributed by atoms with van der Waals surface area (Å²) < 4.78 is 2.95. The first-order valence-corrected chi connectivity index (χ1v) is 9.62. The standard InChI is InChI=1S/C22H28N5O/c1-22(2,28)16-14-15-10-11-19(23-12-13-27(3,4)5)25-20(15)26-18-9-7-6-8-17(18)24-21(16)26/h6-11,14,28H,12-13H2,1-5H3,(H,23,25)/q+1. The summed E-state index contributed by atoms with van der Waals surface area (Å²) in [4.78, 5) is 9.69. The van der Waals surface area contributed by atoms with Crippen LogP contribution in [-0.4, -0.2) is 58.2 Å². The van der Waals surface area contributed by atoms with E-state index in [-0.39, 0.29) is 0 Å². The van der Waals surface area contributed by atoms with Gasteiger partial charge < -0.3 is 14.9 Å². The van der Waals surface area contributed by atoms with Crippen molar-refractivity contribution in [3.8, 4) is 0 Å². The number of pyridine rings is 2. The minimum Gasteiger partial charge on any atom is -0.386 e. The Morgan fingerprint density at radius 3 is 2.50 bits per heavy atom. The van der Waals surface area contributed by atoms with Gasteiger partial charge in [0.15, 0.2) is 0 Å². The minimum atomic E-state index is -1.00. The van der Waals surface area contributed by atoms with Crippen molar-refractivity contribution in [3.63, 3.8) is 0 Å². The first kappa shape index (κ1) is 18.7. The predicted molar refractivity (Wildman–Crippen MR) is 115 cm³/mol. The molecule has 0 unspecified atom stereocenters. The summed E-state index contributed by atoms with van der Waals surface area (Å²) in [5.74, 6) is 0.844. The molecule has 1 aromatic carbocycles. The van der Waals surface area contributed by atoms with Crippen LogP contribution < -0.4 is 5.32 Å². The Hall–Kier alpha value is -2.70. The van der Waals surface area contributed by atoms with Gasteiger partial charge in [-0.2, -0.15) is 0 Å². The van der Waals surface area contributed by atoms with E-state index in [1.54, 1.807) is 13.8 Å². The lowest BCUT2D eigenvalue weighted by molar-refractivity contribution is -0.868. The van der Waals surface area contributed by atoms with Crippen molar-refractivity contribution in [2.45, 2.75) is 19.4 Å². The summed E-state index contributed by atoms with van der Waals surface area (Å²) >= 11 is 0. The van der Waals surface area contributed by atoms with Crippen molar-refractivity contribution in [1.82, 2.24) is 14.4 Å². The van der Waals surface area contributed by atoms with Gasteiger partial charge in [-0.05, 0) is 44.2 Å². The lowest BCUT2D eigenvalue weighted by Gasteiger charge is -2.24. The summed E-state index contributed by atoms with van der Waals surface area (Å²) in [5.41, 5.74) is 3.27. The highest BCUT2D eigenvalue weighted by Crippen LogP contribution is 2.31. The van der Waals surface area contributed by atoms with Crippen molar-refractivity contribution in [1.29, 1.82) is 0 Å². The topological polar surface area (TPSA) is 62.5 Å². The second-order valence-corrected chi connectivity index (χ2v) is 8.93. The molecule has 4 aromatic rings. The molecule has 146 valence electrons. The monoisotopic (exact) mass is 378 g/mol. The van der Waals surface area contributed by atoms with Crippen molar-refractivity contribution >= 4 is 33.5 Å². The molecular formula is C22H28N5O+. The lowest BCUT2D eigenvalue weighted by Crippen LogP contribution is -2.38.